The first-order valence-corrected chi connectivity index (χ1v) is 8.92. The van der Waals surface area contributed by atoms with Crippen molar-refractivity contribution >= 4 is 18.1 Å². The van der Waals surface area contributed by atoms with Crippen LogP contribution in [0.1, 0.15) is 0 Å². The molecule has 0 amide bonds. The third-order valence-corrected chi connectivity index (χ3v) is 5.20. The van der Waals surface area contributed by atoms with Gasteiger partial charge in [-0.2, -0.15) is 0 Å². The molecule has 1 nitrogen and oxygen atoms in total. The Morgan fingerprint density at radius 3 is 1.33 bits per heavy atom. The minimum Gasteiger partial charge on any atom is -0.521 e. The van der Waals surface area contributed by atoms with Crippen LogP contribution >= 0.6 is 0 Å². The Balaban J connectivity index is -0.0000000560. The topological polar surface area (TPSA) is 9.23 Å². The first-order valence-electron chi connectivity index (χ1n) is 3.52. The summed E-state index contributed by atoms with van der Waals surface area (Å²) in [6.45, 7) is 22.9. The molecular formula is C8H20OPtSi2. The molecule has 0 unspecified atom stereocenters. The van der Waals surface area contributed by atoms with Gasteiger partial charge in [-0.1, -0.05) is 6.55 Å². The van der Waals surface area contributed by atoms with E-state index in [1.165, 1.54) is 0 Å². The van der Waals surface area contributed by atoms with Crippen LogP contribution < -0.4 is 0 Å². The Hall–Kier alpha value is 0.562. The number of hydrogen-bond donors (Lipinski definition) is 0. The van der Waals surface area contributed by atoms with Gasteiger partial charge in [0.25, 0.3) is 0 Å². The van der Waals surface area contributed by atoms with Gasteiger partial charge in [0.1, 0.15) is 9.76 Å². The van der Waals surface area contributed by atoms with Crippen molar-refractivity contribution in [1.82, 2.24) is 0 Å². The zero-order chi connectivity index (χ0) is 9.91. The van der Waals surface area contributed by atoms with Crippen LogP contribution in [-0.4, -0.2) is 18.1 Å². The molecule has 0 rings (SSSR count). The molecule has 4 heteroatoms. The van der Waals surface area contributed by atoms with Crippen LogP contribution in [0.25, 0.3) is 0 Å². The van der Waals surface area contributed by atoms with Crippen molar-refractivity contribution in [1.29, 1.82) is 0 Å². The van der Waals surface area contributed by atoms with E-state index in [-0.39, 0.29) is 30.8 Å². The van der Waals surface area contributed by atoms with Crippen LogP contribution in [0.15, 0.2) is 13.2 Å². The van der Waals surface area contributed by atoms with E-state index in [1.807, 2.05) is 0 Å². The smallest absolute Gasteiger partial charge is 0.521 e. The first kappa shape index (κ1) is 22.9. The largest absolute Gasteiger partial charge is 2.00 e. The quantitative estimate of drug-likeness (QED) is 0.525. The minimum atomic E-state index is -1.10. The number of hydrogen-bond acceptors (Lipinski definition) is 1. The Kier molecular flexibility index (Phi) is 33.6. The van der Waals surface area contributed by atoms with Gasteiger partial charge < -0.3 is 17.3 Å². The molecule has 76 valence electrons. The fraction of sp³-hybridized carbons (Fsp3) is 0.500. The molecule has 0 fully saturated rings. The Labute approximate surface area is 95.6 Å². The molecule has 0 heterocycles. The van der Waals surface area contributed by atoms with Gasteiger partial charge in [-0.3, -0.25) is 13.2 Å². The van der Waals surface area contributed by atoms with Gasteiger partial charge in [0.2, 0.25) is 0 Å². The van der Waals surface area contributed by atoms with E-state index in [0.29, 0.717) is 0 Å². The summed E-state index contributed by atoms with van der Waals surface area (Å²) in [6, 6.07) is 0. The molecule has 0 aromatic heterocycles. The summed E-state index contributed by atoms with van der Waals surface area (Å²) in [4.78, 5) is 0. The molecule has 0 bridgehead atoms. The molecule has 0 atom stereocenters. The summed E-state index contributed by atoms with van der Waals surface area (Å²) in [5, 5.41) is 0. The maximum Gasteiger partial charge on any atom is 2.00 e. The Morgan fingerprint density at radius 2 is 1.33 bits per heavy atom. The van der Waals surface area contributed by atoms with Crippen molar-refractivity contribution in [3.63, 3.8) is 0 Å². The second-order valence-corrected chi connectivity index (χ2v) is 8.50. The van der Waals surface area contributed by atoms with Crippen LogP contribution in [0.5, 0.6) is 0 Å². The molecule has 0 aliphatic rings. The molecule has 0 radical (unpaired) electrons. The summed E-state index contributed by atoms with van der Waals surface area (Å²) in [5.74, 6) is 0. The normalized spacial score (nSPS) is 8.67. The molecule has 0 N–H and O–H groups in total. The van der Waals surface area contributed by atoms with Gasteiger partial charge in [-0.05, 0) is 19.6 Å². The maximum atomic E-state index is 5.51. The van der Waals surface area contributed by atoms with E-state index < -0.39 is 8.32 Å². The monoisotopic (exact) mass is 383 g/mol. The molecule has 0 aliphatic heterocycles. The van der Waals surface area contributed by atoms with Crippen LogP contribution in [0.3, 0.4) is 0 Å². The third kappa shape index (κ3) is 46.4. The Bertz CT molecular complexity index is 71.9. The van der Waals surface area contributed by atoms with Crippen molar-refractivity contribution in [3.05, 3.63) is 26.3 Å². The molecule has 0 aromatic rings. The van der Waals surface area contributed by atoms with Gasteiger partial charge in [0, 0.05) is 0 Å². The van der Waals surface area contributed by atoms with Gasteiger partial charge in [0.05, 0.1) is 0 Å². The van der Waals surface area contributed by atoms with Crippen molar-refractivity contribution in [2.45, 2.75) is 26.2 Å². The van der Waals surface area contributed by atoms with Crippen LogP contribution in [0.4, 0.5) is 0 Å². The van der Waals surface area contributed by atoms with Gasteiger partial charge >= 0.3 is 21.1 Å². The standard InChI is InChI=1S/C4H14OSi2.2C2H3.Pt/c1-6-5-7(2,3)4;2*1-2;/h6H2,1-4H3;2*1H,2H2;/q;2*-1;+2. The maximum absolute atomic E-state index is 5.51. The summed E-state index contributed by atoms with van der Waals surface area (Å²) in [7, 11) is -1.22. The summed E-state index contributed by atoms with van der Waals surface area (Å²) in [6.07, 6.45) is 0. The molecular weight excluding hydrogens is 363 g/mol. The van der Waals surface area contributed by atoms with Crippen LogP contribution in [-0.2, 0) is 25.2 Å². The zero-order valence-corrected chi connectivity index (χ0v) is 13.2. The van der Waals surface area contributed by atoms with E-state index in [1.54, 1.807) is 0 Å². The average molecular weight is 383 g/mol. The molecule has 0 saturated carbocycles. The van der Waals surface area contributed by atoms with Crippen molar-refractivity contribution in [3.8, 4) is 0 Å². The predicted molar refractivity (Wildman–Crippen MR) is 58.7 cm³/mol. The first-order chi connectivity index (χ1) is 5.06. The van der Waals surface area contributed by atoms with Gasteiger partial charge in [-0.15, -0.1) is 0 Å². The van der Waals surface area contributed by atoms with Crippen LogP contribution in [0, 0.1) is 13.2 Å². The van der Waals surface area contributed by atoms with E-state index in [9.17, 15) is 0 Å². The summed E-state index contributed by atoms with van der Waals surface area (Å²) in [5.41, 5.74) is 0. The van der Waals surface area contributed by atoms with Crippen molar-refractivity contribution in [2.75, 3.05) is 0 Å². The van der Waals surface area contributed by atoms with Crippen molar-refractivity contribution < 1.29 is 25.2 Å². The minimum absolute atomic E-state index is 0. The van der Waals surface area contributed by atoms with E-state index >= 15 is 0 Å². The second kappa shape index (κ2) is 17.6. The molecule has 0 aromatic carbocycles. The zero-order valence-electron chi connectivity index (χ0n) is 8.50. The van der Waals surface area contributed by atoms with E-state index in [2.05, 4.69) is 52.5 Å². The molecule has 12 heavy (non-hydrogen) atoms. The molecule has 0 spiro atoms. The van der Waals surface area contributed by atoms with Crippen molar-refractivity contribution in [2.24, 2.45) is 0 Å². The Morgan fingerprint density at radius 1 is 1.08 bits per heavy atom. The molecule has 0 aliphatic carbocycles. The third-order valence-electron chi connectivity index (χ3n) is 0.577. The molecule has 0 saturated heterocycles. The van der Waals surface area contributed by atoms with E-state index in [0.717, 1.165) is 0 Å². The second-order valence-electron chi connectivity index (χ2n) is 2.55. The fourth-order valence-corrected chi connectivity index (χ4v) is 3.90. The number of rotatable bonds is 2. The van der Waals surface area contributed by atoms with E-state index in [4.69, 9.17) is 4.12 Å². The summed E-state index contributed by atoms with van der Waals surface area (Å²) < 4.78 is 5.51. The SMILES string of the molecule is C[SiH2]O[Si](C)(C)C.[CH-]=C.[CH-]=C.[Pt+2]. The van der Waals surface area contributed by atoms with Gasteiger partial charge in [0.15, 0.2) is 8.32 Å². The predicted octanol–water partition coefficient (Wildman–Crippen LogP) is 2.18. The van der Waals surface area contributed by atoms with Gasteiger partial charge in [-0.25, -0.2) is 0 Å². The van der Waals surface area contributed by atoms with Crippen LogP contribution in [0.2, 0.25) is 26.2 Å². The average Bonchev–Trinajstić information content (AvgIpc) is 1.94. The fourth-order valence-electron chi connectivity index (χ4n) is 0.433. The summed E-state index contributed by atoms with van der Waals surface area (Å²) >= 11 is 0.